The summed E-state index contributed by atoms with van der Waals surface area (Å²) in [5.41, 5.74) is 5.32. The number of carbonyl (C=O) groups excluding carboxylic acids is 1. The van der Waals surface area contributed by atoms with E-state index < -0.39 is 0 Å². The first-order valence-corrected chi connectivity index (χ1v) is 8.84. The van der Waals surface area contributed by atoms with E-state index in [1.807, 2.05) is 0 Å². The van der Waals surface area contributed by atoms with Crippen LogP contribution in [0.15, 0.2) is 4.99 Å². The molecule has 0 aromatic carbocycles. The van der Waals surface area contributed by atoms with Gasteiger partial charge in [-0.3, -0.25) is 4.99 Å². The number of hydrogen-bond acceptors (Lipinski definition) is 3. The fraction of sp³-hybridized carbons (Fsp3) is 0.875. The van der Waals surface area contributed by atoms with Crippen molar-refractivity contribution in [3.63, 3.8) is 0 Å². The van der Waals surface area contributed by atoms with E-state index in [0.717, 1.165) is 45.0 Å². The van der Waals surface area contributed by atoms with Crippen LogP contribution in [0.1, 0.15) is 39.5 Å². The molecule has 0 bridgehead atoms. The topological polar surface area (TPSA) is 86.0 Å². The molecule has 1 aliphatic rings. The lowest BCUT2D eigenvalue weighted by Crippen LogP contribution is -2.50. The third kappa shape index (κ3) is 8.06. The van der Waals surface area contributed by atoms with Crippen molar-refractivity contribution in [1.82, 2.24) is 20.4 Å². The van der Waals surface area contributed by atoms with Crippen molar-refractivity contribution < 1.29 is 4.79 Å². The number of unbranched alkanes of at least 4 members (excludes halogenated alkanes) is 1. The van der Waals surface area contributed by atoms with Crippen LogP contribution in [0.4, 0.5) is 4.79 Å². The highest BCUT2D eigenvalue weighted by atomic mass is 16.2. The van der Waals surface area contributed by atoms with Gasteiger partial charge in [0.15, 0.2) is 5.96 Å². The first kappa shape index (κ1) is 19.5. The van der Waals surface area contributed by atoms with Crippen LogP contribution in [0.2, 0.25) is 0 Å². The molecule has 0 aromatic rings. The van der Waals surface area contributed by atoms with E-state index in [2.05, 4.69) is 41.4 Å². The number of nitrogens with one attached hydrogen (secondary N) is 2. The molecule has 0 radical (unpaired) electrons. The number of carbonyl (C=O) groups is 1. The normalized spacial score (nSPS) is 16.7. The number of nitrogens with zero attached hydrogens (tertiary/aromatic N) is 3. The number of guanidine groups is 1. The molecule has 1 rings (SSSR count). The zero-order valence-corrected chi connectivity index (χ0v) is 15.0. The Balaban J connectivity index is 2.36. The first-order valence-electron chi connectivity index (χ1n) is 8.84. The van der Waals surface area contributed by atoms with Gasteiger partial charge < -0.3 is 26.2 Å². The third-order valence-electron chi connectivity index (χ3n) is 4.14. The Labute approximate surface area is 140 Å². The zero-order valence-electron chi connectivity index (χ0n) is 15.0. The number of rotatable bonds is 8. The van der Waals surface area contributed by atoms with Crippen LogP contribution in [0, 0.1) is 0 Å². The number of likely N-dealkylation sites (N-methyl/N-ethyl adjacent to an activating group) is 1. The molecular formula is C16H34N6O. The zero-order chi connectivity index (χ0) is 17.1. The van der Waals surface area contributed by atoms with Crippen LogP contribution >= 0.6 is 0 Å². The SMILES string of the molecule is CCCCN(C)CCN=C(NCC)NC1CCN(C(N)=O)CC1. The molecular weight excluding hydrogens is 292 g/mol. The summed E-state index contributed by atoms with van der Waals surface area (Å²) in [5, 5.41) is 6.77. The molecule has 1 heterocycles. The first-order chi connectivity index (χ1) is 11.1. The van der Waals surface area contributed by atoms with Crippen LogP contribution in [-0.2, 0) is 0 Å². The maximum Gasteiger partial charge on any atom is 0.314 e. The molecule has 0 saturated carbocycles. The number of urea groups is 1. The Kier molecular flexibility index (Phi) is 9.43. The summed E-state index contributed by atoms with van der Waals surface area (Å²) in [4.78, 5) is 19.8. The van der Waals surface area contributed by atoms with Gasteiger partial charge in [0.25, 0.3) is 0 Å². The molecule has 23 heavy (non-hydrogen) atoms. The smallest absolute Gasteiger partial charge is 0.314 e. The van der Waals surface area contributed by atoms with Gasteiger partial charge in [0.1, 0.15) is 0 Å². The van der Waals surface area contributed by atoms with Crippen molar-refractivity contribution in [3.05, 3.63) is 0 Å². The van der Waals surface area contributed by atoms with Gasteiger partial charge in [0.05, 0.1) is 6.54 Å². The lowest BCUT2D eigenvalue weighted by atomic mass is 10.1. The summed E-state index contributed by atoms with van der Waals surface area (Å²) >= 11 is 0. The largest absolute Gasteiger partial charge is 0.357 e. The lowest BCUT2D eigenvalue weighted by Gasteiger charge is -2.32. The third-order valence-corrected chi connectivity index (χ3v) is 4.14. The van der Waals surface area contributed by atoms with Crippen molar-refractivity contribution in [3.8, 4) is 0 Å². The predicted octanol–water partition coefficient (Wildman–Crippen LogP) is 0.817. The Morgan fingerprint density at radius 3 is 2.57 bits per heavy atom. The molecule has 7 nitrogen and oxygen atoms in total. The molecule has 0 atom stereocenters. The van der Waals surface area contributed by atoms with Crippen LogP contribution in [0.5, 0.6) is 0 Å². The van der Waals surface area contributed by atoms with Crippen LogP contribution in [0.25, 0.3) is 0 Å². The Hall–Kier alpha value is -1.50. The van der Waals surface area contributed by atoms with Crippen LogP contribution < -0.4 is 16.4 Å². The maximum atomic E-state index is 11.2. The highest BCUT2D eigenvalue weighted by Crippen LogP contribution is 2.09. The number of aliphatic imine (C=N–C) groups is 1. The molecule has 0 aliphatic carbocycles. The highest BCUT2D eigenvalue weighted by Gasteiger charge is 2.21. The predicted molar refractivity (Wildman–Crippen MR) is 95.7 cm³/mol. The van der Waals surface area contributed by atoms with Crippen molar-refractivity contribution in [2.45, 2.75) is 45.6 Å². The van der Waals surface area contributed by atoms with E-state index in [-0.39, 0.29) is 6.03 Å². The minimum absolute atomic E-state index is 0.320. The Morgan fingerprint density at radius 1 is 1.30 bits per heavy atom. The van der Waals surface area contributed by atoms with E-state index in [4.69, 9.17) is 5.73 Å². The second-order valence-electron chi connectivity index (χ2n) is 6.16. The average Bonchev–Trinajstić information content (AvgIpc) is 2.53. The lowest BCUT2D eigenvalue weighted by molar-refractivity contribution is 0.188. The summed E-state index contributed by atoms with van der Waals surface area (Å²) in [7, 11) is 2.14. The van der Waals surface area contributed by atoms with E-state index in [9.17, 15) is 4.79 Å². The number of nitrogens with two attached hydrogens (primary N) is 1. The van der Waals surface area contributed by atoms with Crippen molar-refractivity contribution in [2.75, 3.05) is 46.3 Å². The second-order valence-corrected chi connectivity index (χ2v) is 6.16. The van der Waals surface area contributed by atoms with Gasteiger partial charge in [-0.2, -0.15) is 0 Å². The van der Waals surface area contributed by atoms with E-state index in [1.54, 1.807) is 4.90 Å². The van der Waals surface area contributed by atoms with Gasteiger partial charge in [-0.1, -0.05) is 13.3 Å². The Bertz CT molecular complexity index is 366. The van der Waals surface area contributed by atoms with Gasteiger partial charge in [-0.25, -0.2) is 4.79 Å². The monoisotopic (exact) mass is 326 g/mol. The molecule has 1 saturated heterocycles. The fourth-order valence-corrected chi connectivity index (χ4v) is 2.63. The van der Waals surface area contributed by atoms with E-state index >= 15 is 0 Å². The summed E-state index contributed by atoms with van der Waals surface area (Å²) < 4.78 is 0. The molecule has 1 fully saturated rings. The van der Waals surface area contributed by atoms with Gasteiger partial charge in [-0.15, -0.1) is 0 Å². The summed E-state index contributed by atoms with van der Waals surface area (Å²) in [6.07, 6.45) is 4.27. The molecule has 0 aromatic heterocycles. The van der Waals surface area contributed by atoms with Crippen molar-refractivity contribution in [2.24, 2.45) is 10.7 Å². The van der Waals surface area contributed by atoms with Gasteiger partial charge in [-0.05, 0) is 39.8 Å². The molecule has 2 amide bonds. The minimum Gasteiger partial charge on any atom is -0.357 e. The van der Waals surface area contributed by atoms with Gasteiger partial charge in [0, 0.05) is 32.2 Å². The van der Waals surface area contributed by atoms with Crippen LogP contribution in [-0.4, -0.2) is 74.1 Å². The van der Waals surface area contributed by atoms with Gasteiger partial charge in [0.2, 0.25) is 0 Å². The average molecular weight is 326 g/mol. The maximum absolute atomic E-state index is 11.2. The summed E-state index contributed by atoms with van der Waals surface area (Å²) in [5.74, 6) is 0.869. The van der Waals surface area contributed by atoms with Crippen molar-refractivity contribution >= 4 is 12.0 Å². The molecule has 0 unspecified atom stereocenters. The number of hydrogen-bond donors (Lipinski definition) is 3. The van der Waals surface area contributed by atoms with Gasteiger partial charge >= 0.3 is 6.03 Å². The summed E-state index contributed by atoms with van der Waals surface area (Å²) in [6, 6.07) is 0.0281. The standard InChI is InChI=1S/C16H34N6O/c1-4-6-10-21(3)13-9-19-16(18-5-2)20-14-7-11-22(12-8-14)15(17)23/h14H,4-13H2,1-3H3,(H2,17,23)(H2,18,19,20). The number of amides is 2. The van der Waals surface area contributed by atoms with Crippen molar-refractivity contribution in [1.29, 1.82) is 0 Å². The molecule has 134 valence electrons. The quantitative estimate of drug-likeness (QED) is 0.455. The molecule has 7 heteroatoms. The minimum atomic E-state index is -0.320. The fourth-order valence-electron chi connectivity index (χ4n) is 2.63. The molecule has 4 N–H and O–H groups in total. The van der Waals surface area contributed by atoms with E-state index in [1.165, 1.54) is 12.8 Å². The number of primary amides is 1. The molecule has 0 spiro atoms. The number of piperidine rings is 1. The Morgan fingerprint density at radius 2 is 2.00 bits per heavy atom. The van der Waals surface area contributed by atoms with E-state index in [0.29, 0.717) is 19.1 Å². The molecule has 1 aliphatic heterocycles. The number of likely N-dealkylation sites (tertiary alicyclic amines) is 1. The highest BCUT2D eigenvalue weighted by molar-refractivity contribution is 5.80. The second kappa shape index (κ2) is 11.1. The van der Waals surface area contributed by atoms with Crippen LogP contribution in [0.3, 0.4) is 0 Å². The summed E-state index contributed by atoms with van der Waals surface area (Å²) in [6.45, 7) is 9.44.